The predicted octanol–water partition coefficient (Wildman–Crippen LogP) is 4.92. The molecule has 2 heterocycles. The van der Waals surface area contributed by atoms with Crippen LogP contribution in [0.1, 0.15) is 44.3 Å². The Morgan fingerprint density at radius 2 is 1.91 bits per heavy atom. The normalized spacial score (nSPS) is 22.0. The van der Waals surface area contributed by atoms with Crippen molar-refractivity contribution in [2.45, 2.75) is 38.5 Å². The van der Waals surface area contributed by atoms with E-state index in [2.05, 4.69) is 35.1 Å². The van der Waals surface area contributed by atoms with Crippen molar-refractivity contribution in [2.24, 2.45) is 5.92 Å². The first-order chi connectivity index (χ1) is 10.8. The largest absolute Gasteiger partial charge is 0.342 e. The zero-order chi connectivity index (χ0) is 14.9. The number of aromatic nitrogens is 3. The average molecular weight is 291 g/mol. The molecule has 0 saturated heterocycles. The maximum atomic E-state index is 4.84. The summed E-state index contributed by atoms with van der Waals surface area (Å²) in [7, 11) is 0. The number of hydrogen-bond acceptors (Lipinski definition) is 2. The lowest BCUT2D eigenvalue weighted by Crippen LogP contribution is -2.12. The molecule has 0 radical (unpaired) electrons. The fourth-order valence-corrected chi connectivity index (χ4v) is 3.63. The Hall–Kier alpha value is -2.16. The van der Waals surface area contributed by atoms with Crippen LogP contribution < -0.4 is 0 Å². The topological polar surface area (TPSA) is 41.6 Å². The summed E-state index contributed by atoms with van der Waals surface area (Å²) < 4.78 is 0. The molecule has 1 fully saturated rings. The van der Waals surface area contributed by atoms with E-state index in [0.29, 0.717) is 5.92 Å². The lowest BCUT2D eigenvalue weighted by molar-refractivity contribution is 0.337. The molecule has 1 aromatic carbocycles. The zero-order valence-corrected chi connectivity index (χ0v) is 12.9. The van der Waals surface area contributed by atoms with Crippen molar-refractivity contribution in [3.8, 4) is 11.1 Å². The number of nitrogens with one attached hydrogen (secondary N) is 1. The van der Waals surface area contributed by atoms with Crippen molar-refractivity contribution in [3.63, 3.8) is 0 Å². The van der Waals surface area contributed by atoms with Crippen molar-refractivity contribution in [2.75, 3.05) is 0 Å². The molecule has 1 saturated carbocycles. The fraction of sp³-hybridized carbons (Fsp3) is 0.368. The third-order valence-electron chi connectivity index (χ3n) is 4.84. The van der Waals surface area contributed by atoms with E-state index < -0.39 is 0 Å². The van der Waals surface area contributed by atoms with Gasteiger partial charge in [0.2, 0.25) is 0 Å². The van der Waals surface area contributed by atoms with E-state index in [1.807, 2.05) is 24.5 Å². The molecule has 1 aliphatic carbocycles. The molecular formula is C19H21N3. The second-order valence-corrected chi connectivity index (χ2v) is 6.56. The fourth-order valence-electron chi connectivity index (χ4n) is 3.63. The summed E-state index contributed by atoms with van der Waals surface area (Å²) in [6.45, 7) is 2.36. The van der Waals surface area contributed by atoms with Gasteiger partial charge in [-0.2, -0.15) is 0 Å². The monoisotopic (exact) mass is 291 g/mol. The van der Waals surface area contributed by atoms with E-state index in [0.717, 1.165) is 17.0 Å². The molecule has 112 valence electrons. The quantitative estimate of drug-likeness (QED) is 0.728. The summed E-state index contributed by atoms with van der Waals surface area (Å²) in [5.41, 5.74) is 4.62. The first kappa shape index (κ1) is 13.5. The van der Waals surface area contributed by atoms with Gasteiger partial charge in [-0.25, -0.2) is 4.98 Å². The summed E-state index contributed by atoms with van der Waals surface area (Å²) in [5.74, 6) is 2.59. The maximum absolute atomic E-state index is 4.84. The molecule has 0 bridgehead atoms. The number of H-pyrrole nitrogens is 1. The van der Waals surface area contributed by atoms with Crippen LogP contribution in [0, 0.1) is 5.92 Å². The Morgan fingerprint density at radius 1 is 1.05 bits per heavy atom. The Labute approximate surface area is 130 Å². The van der Waals surface area contributed by atoms with E-state index in [-0.39, 0.29) is 0 Å². The molecule has 1 aliphatic rings. The summed E-state index contributed by atoms with van der Waals surface area (Å²) in [4.78, 5) is 12.5. The molecule has 4 rings (SSSR count). The number of imidazole rings is 1. The van der Waals surface area contributed by atoms with Gasteiger partial charge in [0.15, 0.2) is 0 Å². The van der Waals surface area contributed by atoms with Crippen LogP contribution in [0.3, 0.4) is 0 Å². The average Bonchev–Trinajstić information content (AvgIpc) is 2.99. The highest BCUT2D eigenvalue weighted by Gasteiger charge is 2.22. The SMILES string of the molecule is CC1CCCC(c2nc3ccc(-c4ccncc4)cc3[nH]2)C1. The van der Waals surface area contributed by atoms with Gasteiger partial charge >= 0.3 is 0 Å². The molecule has 0 aliphatic heterocycles. The lowest BCUT2D eigenvalue weighted by Gasteiger charge is -2.24. The number of fused-ring (bicyclic) bond motifs is 1. The van der Waals surface area contributed by atoms with E-state index in [1.54, 1.807) is 0 Å². The summed E-state index contributed by atoms with van der Waals surface area (Å²) in [5, 5.41) is 0. The maximum Gasteiger partial charge on any atom is 0.110 e. The highest BCUT2D eigenvalue weighted by atomic mass is 14.9. The number of benzene rings is 1. The molecule has 2 aromatic heterocycles. The molecule has 0 amide bonds. The molecule has 1 N–H and O–H groups in total. The minimum Gasteiger partial charge on any atom is -0.342 e. The number of aromatic amines is 1. The van der Waals surface area contributed by atoms with Gasteiger partial charge in [0.05, 0.1) is 11.0 Å². The summed E-state index contributed by atoms with van der Waals surface area (Å²) >= 11 is 0. The van der Waals surface area contributed by atoms with Crippen LogP contribution in [0.25, 0.3) is 22.2 Å². The van der Waals surface area contributed by atoms with Crippen LogP contribution in [0.4, 0.5) is 0 Å². The second kappa shape index (κ2) is 5.56. The Morgan fingerprint density at radius 3 is 2.73 bits per heavy atom. The number of nitrogens with zero attached hydrogens (tertiary/aromatic N) is 2. The van der Waals surface area contributed by atoms with Crippen LogP contribution in [0.15, 0.2) is 42.7 Å². The highest BCUT2D eigenvalue weighted by Crippen LogP contribution is 2.35. The van der Waals surface area contributed by atoms with Gasteiger partial charge < -0.3 is 4.98 Å². The van der Waals surface area contributed by atoms with Crippen LogP contribution in [0.2, 0.25) is 0 Å². The van der Waals surface area contributed by atoms with Gasteiger partial charge in [-0.1, -0.05) is 25.8 Å². The summed E-state index contributed by atoms with van der Waals surface area (Å²) in [6.07, 6.45) is 8.88. The van der Waals surface area contributed by atoms with Crippen LogP contribution >= 0.6 is 0 Å². The van der Waals surface area contributed by atoms with Crippen LogP contribution in [-0.4, -0.2) is 15.0 Å². The molecule has 22 heavy (non-hydrogen) atoms. The molecule has 2 unspecified atom stereocenters. The van der Waals surface area contributed by atoms with Crippen molar-refractivity contribution < 1.29 is 0 Å². The van der Waals surface area contributed by atoms with E-state index >= 15 is 0 Å². The number of pyridine rings is 1. The Kier molecular flexibility index (Phi) is 3.41. The molecule has 3 aromatic rings. The van der Waals surface area contributed by atoms with Crippen LogP contribution in [-0.2, 0) is 0 Å². The standard InChI is InChI=1S/C19H21N3/c1-13-3-2-4-16(11-13)19-21-17-6-5-15(12-18(17)22-19)14-7-9-20-10-8-14/h5-10,12-13,16H,2-4,11H2,1H3,(H,21,22). The van der Waals surface area contributed by atoms with Crippen molar-refractivity contribution in [1.82, 2.24) is 15.0 Å². The zero-order valence-electron chi connectivity index (χ0n) is 12.9. The molecule has 3 heteroatoms. The van der Waals surface area contributed by atoms with Gasteiger partial charge in [0.1, 0.15) is 5.82 Å². The first-order valence-electron chi connectivity index (χ1n) is 8.19. The minimum atomic E-state index is 0.598. The van der Waals surface area contributed by atoms with Crippen molar-refractivity contribution in [1.29, 1.82) is 0 Å². The number of rotatable bonds is 2. The minimum absolute atomic E-state index is 0.598. The van der Waals surface area contributed by atoms with Gasteiger partial charge in [-0.3, -0.25) is 4.98 Å². The smallest absolute Gasteiger partial charge is 0.110 e. The predicted molar refractivity (Wildman–Crippen MR) is 89.7 cm³/mol. The van der Waals surface area contributed by atoms with Gasteiger partial charge in [-0.15, -0.1) is 0 Å². The summed E-state index contributed by atoms with van der Waals surface area (Å²) in [6, 6.07) is 10.6. The van der Waals surface area contributed by atoms with Crippen molar-refractivity contribution in [3.05, 3.63) is 48.5 Å². The Balaban J connectivity index is 1.69. The lowest BCUT2D eigenvalue weighted by atomic mass is 9.82. The van der Waals surface area contributed by atoms with E-state index in [4.69, 9.17) is 4.98 Å². The van der Waals surface area contributed by atoms with E-state index in [1.165, 1.54) is 42.6 Å². The van der Waals surface area contributed by atoms with Crippen molar-refractivity contribution >= 4 is 11.0 Å². The molecule has 2 atom stereocenters. The highest BCUT2D eigenvalue weighted by molar-refractivity contribution is 5.82. The van der Waals surface area contributed by atoms with Gasteiger partial charge in [-0.05, 0) is 54.2 Å². The van der Waals surface area contributed by atoms with E-state index in [9.17, 15) is 0 Å². The van der Waals surface area contributed by atoms with Crippen LogP contribution in [0.5, 0.6) is 0 Å². The molecule has 3 nitrogen and oxygen atoms in total. The van der Waals surface area contributed by atoms with Gasteiger partial charge in [0, 0.05) is 18.3 Å². The molecular weight excluding hydrogens is 270 g/mol. The number of hydrogen-bond donors (Lipinski definition) is 1. The third-order valence-corrected chi connectivity index (χ3v) is 4.84. The third kappa shape index (κ3) is 2.52. The second-order valence-electron chi connectivity index (χ2n) is 6.56. The van der Waals surface area contributed by atoms with Gasteiger partial charge in [0.25, 0.3) is 0 Å². The Bertz CT molecular complexity index is 776. The molecule has 0 spiro atoms. The first-order valence-corrected chi connectivity index (χ1v) is 8.19.